The molecule has 150 valence electrons. The topological polar surface area (TPSA) is 84.9 Å². The van der Waals surface area contributed by atoms with Gasteiger partial charge in [-0.3, -0.25) is 4.79 Å². The van der Waals surface area contributed by atoms with Crippen LogP contribution >= 0.6 is 0 Å². The van der Waals surface area contributed by atoms with Crippen molar-refractivity contribution in [2.45, 2.75) is 11.3 Å². The van der Waals surface area contributed by atoms with Crippen molar-refractivity contribution < 1.29 is 22.7 Å². The van der Waals surface area contributed by atoms with Crippen LogP contribution in [0.3, 0.4) is 0 Å². The zero-order valence-corrected chi connectivity index (χ0v) is 16.6. The van der Waals surface area contributed by atoms with Crippen molar-refractivity contribution >= 4 is 21.6 Å². The third kappa shape index (κ3) is 4.77. The lowest BCUT2D eigenvalue weighted by Gasteiger charge is -2.26. The highest BCUT2D eigenvalue weighted by atomic mass is 32.2. The molecule has 28 heavy (non-hydrogen) atoms. The summed E-state index contributed by atoms with van der Waals surface area (Å²) in [6.45, 7) is 1.94. The Labute approximate surface area is 165 Å². The molecular weight excluding hydrogens is 380 g/mol. The summed E-state index contributed by atoms with van der Waals surface area (Å²) in [5.74, 6) is -0.358. The van der Waals surface area contributed by atoms with E-state index in [1.54, 1.807) is 37.4 Å². The molecule has 0 saturated carbocycles. The number of amides is 1. The number of rotatable bonds is 7. The maximum Gasteiger partial charge on any atom is 0.255 e. The summed E-state index contributed by atoms with van der Waals surface area (Å²) in [7, 11) is -2.07. The number of sulfonamides is 1. The minimum absolute atomic E-state index is 0.0852. The molecule has 1 aliphatic rings. The Bertz CT molecular complexity index is 906. The summed E-state index contributed by atoms with van der Waals surface area (Å²) in [6.07, 6.45) is 0.763. The number of methoxy groups -OCH3 is 1. The monoisotopic (exact) mass is 404 g/mol. The van der Waals surface area contributed by atoms with Crippen LogP contribution < -0.4 is 5.32 Å². The molecule has 0 aliphatic carbocycles. The molecule has 1 heterocycles. The summed E-state index contributed by atoms with van der Waals surface area (Å²) >= 11 is 0. The van der Waals surface area contributed by atoms with Crippen LogP contribution in [0.25, 0.3) is 0 Å². The number of hydrogen-bond donors (Lipinski definition) is 1. The van der Waals surface area contributed by atoms with Gasteiger partial charge < -0.3 is 14.8 Å². The molecule has 0 radical (unpaired) electrons. The number of para-hydroxylation sites is 1. The second kappa shape index (κ2) is 9.29. The van der Waals surface area contributed by atoms with Crippen molar-refractivity contribution in [1.82, 2.24) is 4.31 Å². The molecule has 1 N–H and O–H groups in total. The average Bonchev–Trinajstić information content (AvgIpc) is 2.73. The summed E-state index contributed by atoms with van der Waals surface area (Å²) in [4.78, 5) is 12.7. The van der Waals surface area contributed by atoms with Gasteiger partial charge in [-0.05, 0) is 36.2 Å². The highest BCUT2D eigenvalue weighted by Crippen LogP contribution is 2.25. The predicted octanol–water partition coefficient (Wildman–Crippen LogP) is 2.15. The zero-order valence-electron chi connectivity index (χ0n) is 15.8. The van der Waals surface area contributed by atoms with E-state index in [1.165, 1.54) is 10.4 Å². The summed E-state index contributed by atoms with van der Waals surface area (Å²) in [5, 5.41) is 2.73. The highest BCUT2D eigenvalue weighted by Gasteiger charge is 2.28. The standard InChI is InChI=1S/C20H24N2O5S/c1-26-13-10-16-6-8-17(9-7-16)20(23)21-18-4-2-3-5-19(18)28(24,25)22-11-14-27-15-12-22/h2-9H,10-15H2,1H3,(H,21,23). The van der Waals surface area contributed by atoms with Gasteiger partial charge >= 0.3 is 0 Å². The van der Waals surface area contributed by atoms with Crippen LogP contribution in [0.5, 0.6) is 0 Å². The molecule has 1 fully saturated rings. The number of nitrogens with zero attached hydrogens (tertiary/aromatic N) is 1. The quantitative estimate of drug-likeness (QED) is 0.764. The molecule has 2 aromatic rings. The van der Waals surface area contributed by atoms with Gasteiger partial charge in [0, 0.05) is 25.8 Å². The minimum Gasteiger partial charge on any atom is -0.384 e. The van der Waals surface area contributed by atoms with Crippen molar-refractivity contribution in [1.29, 1.82) is 0 Å². The van der Waals surface area contributed by atoms with Crippen LogP contribution in [0.1, 0.15) is 15.9 Å². The molecule has 2 aromatic carbocycles. The molecule has 1 saturated heterocycles. The SMILES string of the molecule is COCCc1ccc(C(=O)Nc2ccccc2S(=O)(=O)N2CCOCC2)cc1. The van der Waals surface area contributed by atoms with Crippen molar-refractivity contribution in [3.8, 4) is 0 Å². The fraction of sp³-hybridized carbons (Fsp3) is 0.350. The Balaban J connectivity index is 1.78. The first-order valence-corrected chi connectivity index (χ1v) is 10.5. The fourth-order valence-electron chi connectivity index (χ4n) is 2.96. The van der Waals surface area contributed by atoms with Gasteiger partial charge in [0.05, 0.1) is 25.5 Å². The summed E-state index contributed by atoms with van der Waals surface area (Å²) in [6, 6.07) is 13.6. The number of hydrogen-bond acceptors (Lipinski definition) is 5. The third-order valence-corrected chi connectivity index (χ3v) is 6.49. The lowest BCUT2D eigenvalue weighted by atomic mass is 10.1. The average molecular weight is 404 g/mol. The number of anilines is 1. The Morgan fingerprint density at radius 3 is 2.46 bits per heavy atom. The van der Waals surface area contributed by atoms with Gasteiger partial charge in [0.2, 0.25) is 10.0 Å². The van der Waals surface area contributed by atoms with E-state index in [1.807, 2.05) is 12.1 Å². The Hall–Kier alpha value is -2.26. The van der Waals surface area contributed by atoms with Crippen molar-refractivity contribution in [2.75, 3.05) is 45.3 Å². The normalized spacial score (nSPS) is 15.3. The predicted molar refractivity (Wildman–Crippen MR) is 106 cm³/mol. The summed E-state index contributed by atoms with van der Waals surface area (Å²) in [5.41, 5.74) is 1.79. The molecular formula is C20H24N2O5S. The Kier molecular flexibility index (Phi) is 6.79. The maximum atomic E-state index is 13.0. The fourth-order valence-corrected chi connectivity index (χ4v) is 4.51. The molecule has 7 nitrogen and oxygen atoms in total. The molecule has 8 heteroatoms. The largest absolute Gasteiger partial charge is 0.384 e. The van der Waals surface area contributed by atoms with Crippen LogP contribution in [-0.2, 0) is 25.9 Å². The van der Waals surface area contributed by atoms with E-state index in [9.17, 15) is 13.2 Å². The first kappa shape index (κ1) is 20.5. The third-order valence-electron chi connectivity index (χ3n) is 4.53. The van der Waals surface area contributed by atoms with E-state index in [2.05, 4.69) is 5.32 Å². The lowest BCUT2D eigenvalue weighted by molar-refractivity contribution is 0.0730. The van der Waals surface area contributed by atoms with Crippen molar-refractivity contribution in [3.05, 3.63) is 59.7 Å². The summed E-state index contributed by atoms with van der Waals surface area (Å²) < 4.78 is 37.6. The molecule has 0 atom stereocenters. The van der Waals surface area contributed by atoms with Gasteiger partial charge in [0.15, 0.2) is 0 Å². The first-order valence-electron chi connectivity index (χ1n) is 9.08. The van der Waals surface area contributed by atoms with Crippen LogP contribution in [0.2, 0.25) is 0 Å². The van der Waals surface area contributed by atoms with E-state index in [4.69, 9.17) is 9.47 Å². The number of morpholine rings is 1. The van der Waals surface area contributed by atoms with Gasteiger partial charge in [0.1, 0.15) is 4.90 Å². The van der Waals surface area contributed by atoms with Crippen molar-refractivity contribution in [3.63, 3.8) is 0 Å². The minimum atomic E-state index is -3.71. The van der Waals surface area contributed by atoms with E-state index in [-0.39, 0.29) is 16.5 Å². The molecule has 0 unspecified atom stereocenters. The van der Waals surface area contributed by atoms with Gasteiger partial charge in [-0.2, -0.15) is 4.31 Å². The molecule has 0 bridgehead atoms. The van der Waals surface area contributed by atoms with Gasteiger partial charge in [-0.15, -0.1) is 0 Å². The Morgan fingerprint density at radius 2 is 1.79 bits per heavy atom. The number of nitrogens with one attached hydrogen (secondary N) is 1. The second-order valence-corrected chi connectivity index (χ2v) is 8.31. The van der Waals surface area contributed by atoms with E-state index in [0.717, 1.165) is 12.0 Å². The van der Waals surface area contributed by atoms with Gasteiger partial charge in [-0.25, -0.2) is 8.42 Å². The number of carbonyl (C=O) groups is 1. The molecule has 1 aliphatic heterocycles. The van der Waals surface area contributed by atoms with Crippen LogP contribution in [0.4, 0.5) is 5.69 Å². The van der Waals surface area contributed by atoms with Crippen molar-refractivity contribution in [2.24, 2.45) is 0 Å². The van der Waals surface area contributed by atoms with Crippen LogP contribution in [0, 0.1) is 0 Å². The lowest BCUT2D eigenvalue weighted by Crippen LogP contribution is -2.40. The van der Waals surface area contributed by atoms with E-state index in [0.29, 0.717) is 38.5 Å². The van der Waals surface area contributed by atoms with E-state index >= 15 is 0 Å². The second-order valence-electron chi connectivity index (χ2n) is 6.41. The van der Waals surface area contributed by atoms with Gasteiger partial charge in [-0.1, -0.05) is 24.3 Å². The molecule has 1 amide bonds. The van der Waals surface area contributed by atoms with Crippen LogP contribution in [0.15, 0.2) is 53.4 Å². The maximum absolute atomic E-state index is 13.0. The first-order chi connectivity index (χ1) is 13.5. The molecule has 0 aromatic heterocycles. The zero-order chi connectivity index (χ0) is 20.0. The smallest absolute Gasteiger partial charge is 0.255 e. The molecule has 0 spiro atoms. The number of ether oxygens (including phenoxy) is 2. The molecule has 3 rings (SSSR count). The number of benzene rings is 2. The number of carbonyl (C=O) groups excluding carboxylic acids is 1. The van der Waals surface area contributed by atoms with Gasteiger partial charge in [0.25, 0.3) is 5.91 Å². The highest BCUT2D eigenvalue weighted by molar-refractivity contribution is 7.89. The Morgan fingerprint density at radius 1 is 1.11 bits per heavy atom. The van der Waals surface area contributed by atoms with Crippen LogP contribution in [-0.4, -0.2) is 58.7 Å². The van der Waals surface area contributed by atoms with E-state index < -0.39 is 10.0 Å².